The van der Waals surface area contributed by atoms with Gasteiger partial charge in [-0.25, -0.2) is 0 Å². The molecule has 0 aliphatic heterocycles. The fourth-order valence-corrected chi connectivity index (χ4v) is 9.06. The molecule has 5 aromatic carbocycles. The van der Waals surface area contributed by atoms with Gasteiger partial charge < -0.3 is 9.32 Å². The second kappa shape index (κ2) is 14.9. The molecule has 0 radical (unpaired) electrons. The summed E-state index contributed by atoms with van der Waals surface area (Å²) in [6.07, 6.45) is 6.10. The van der Waals surface area contributed by atoms with E-state index in [1.54, 1.807) is 0 Å². The van der Waals surface area contributed by atoms with Gasteiger partial charge in [0.2, 0.25) is 0 Å². The summed E-state index contributed by atoms with van der Waals surface area (Å²) in [5, 5.41) is 2.33. The third-order valence-electron chi connectivity index (χ3n) is 12.2. The van der Waals surface area contributed by atoms with Gasteiger partial charge in [0, 0.05) is 23.0 Å². The van der Waals surface area contributed by atoms with Gasteiger partial charge in [0.25, 0.3) is 0 Å². The molecule has 1 aliphatic rings. The number of terminal acetylenes is 1. The number of rotatable bonds is 8. The van der Waals surface area contributed by atoms with Crippen LogP contribution in [0.2, 0.25) is 0 Å². The first-order valence-corrected chi connectivity index (χ1v) is 19.1. The minimum atomic E-state index is 0.0872. The molecule has 1 heterocycles. The first kappa shape index (κ1) is 37.2. The Hall–Kier alpha value is -5.13. The molecule has 1 atom stereocenters. The van der Waals surface area contributed by atoms with Crippen molar-refractivity contribution in [1.29, 1.82) is 0 Å². The molecule has 0 N–H and O–H groups in total. The summed E-state index contributed by atoms with van der Waals surface area (Å²) in [4.78, 5) is 2.69. The van der Waals surface area contributed by atoms with E-state index in [0.717, 1.165) is 39.7 Å². The van der Waals surface area contributed by atoms with Crippen LogP contribution in [-0.4, -0.2) is 91.0 Å². The molecule has 2 nitrogen and oxygen atoms in total. The van der Waals surface area contributed by atoms with E-state index in [1.165, 1.54) is 82.6 Å². The second-order valence-electron chi connectivity index (χ2n) is 15.2. The third kappa shape index (κ3) is 6.22. The van der Waals surface area contributed by atoms with Gasteiger partial charge in [-0.3, -0.25) is 0 Å². The van der Waals surface area contributed by atoms with Gasteiger partial charge in [-0.2, -0.15) is 0 Å². The molecule has 1 unspecified atom stereocenters. The number of para-hydroxylation sites is 1. The molecule has 6 aromatic rings. The van der Waals surface area contributed by atoms with Crippen LogP contribution in [0.1, 0.15) is 11.1 Å². The topological polar surface area (TPSA) is 16.4 Å². The Morgan fingerprint density at radius 1 is 0.667 bits per heavy atom. The van der Waals surface area contributed by atoms with Crippen molar-refractivity contribution in [2.75, 3.05) is 11.4 Å². The van der Waals surface area contributed by atoms with Crippen LogP contribution in [0.5, 0.6) is 0 Å². The van der Waals surface area contributed by atoms with Crippen molar-refractivity contribution in [1.82, 2.24) is 0 Å². The normalized spacial score (nSPS) is 15.4. The van der Waals surface area contributed by atoms with Crippen LogP contribution < -0.4 is 26.8 Å². The first-order chi connectivity index (χ1) is 26.0. The summed E-state index contributed by atoms with van der Waals surface area (Å²) in [5.74, 6) is 2.97. The summed E-state index contributed by atoms with van der Waals surface area (Å²) in [6.45, 7) is 0.747. The van der Waals surface area contributed by atoms with E-state index in [2.05, 4.69) is 186 Å². The van der Waals surface area contributed by atoms with E-state index in [1.807, 2.05) is 6.07 Å². The Balaban J connectivity index is 1.47. The van der Waals surface area contributed by atoms with Gasteiger partial charge in [-0.05, 0) is 51.0 Å². The predicted molar refractivity (Wildman–Crippen MR) is 264 cm³/mol. The lowest BCUT2D eigenvalue weighted by molar-refractivity contribution is 0.669. The van der Waals surface area contributed by atoms with Crippen molar-refractivity contribution in [3.05, 3.63) is 147 Å². The number of hydrogen-bond acceptors (Lipinski definition) is 2. The van der Waals surface area contributed by atoms with Crippen LogP contribution in [0.3, 0.4) is 0 Å². The van der Waals surface area contributed by atoms with Gasteiger partial charge in [-0.1, -0.05) is 146 Å². The number of benzene rings is 5. The first-order valence-electron chi connectivity index (χ1n) is 19.1. The molecule has 7 rings (SSSR count). The molecule has 0 saturated carbocycles. The van der Waals surface area contributed by atoms with Gasteiger partial charge in [0.05, 0.1) is 6.04 Å². The molecule has 1 aliphatic carbocycles. The van der Waals surface area contributed by atoms with Crippen molar-refractivity contribution < 1.29 is 4.42 Å². The zero-order chi connectivity index (χ0) is 38.4. The summed E-state index contributed by atoms with van der Waals surface area (Å²) in [5.41, 5.74) is 23.4. The van der Waals surface area contributed by atoms with Crippen LogP contribution in [-0.2, 0) is 0 Å². The molecule has 0 fully saturated rings. The molecule has 54 heavy (non-hydrogen) atoms. The highest BCUT2D eigenvalue weighted by Gasteiger charge is 2.34. The highest BCUT2D eigenvalue weighted by molar-refractivity contribution is 6.63. The number of allylic oxidation sites excluding steroid dienone is 5. The van der Waals surface area contributed by atoms with Crippen molar-refractivity contribution >= 4 is 139 Å². The lowest BCUT2D eigenvalue weighted by Crippen LogP contribution is -2.52. The van der Waals surface area contributed by atoms with Gasteiger partial charge >= 0.3 is 0 Å². The highest BCUT2D eigenvalue weighted by atomic mass is 16.3. The lowest BCUT2D eigenvalue weighted by Gasteiger charge is -2.39. The maximum Gasteiger partial charge on any atom is 0.151 e. The third-order valence-corrected chi connectivity index (χ3v) is 12.2. The SMILES string of the molecule is BC1=C(B)C(N(C/C(B)=C(B)\C(=C(\B)C#C)c2ccccc2)c2c(B)c(B)c(-c3cccc4oc5ccccc5c34)c(B)c2B)C(B)=C1c1ccccc1. The zero-order valence-corrected chi connectivity index (χ0v) is 33.5. The molecular formula is C42H41B10NO. The number of hydrogen-bond donors (Lipinski definition) is 0. The smallest absolute Gasteiger partial charge is 0.151 e. The summed E-state index contributed by atoms with van der Waals surface area (Å²) in [7, 11) is 22.8. The Morgan fingerprint density at radius 3 is 1.91 bits per heavy atom. The van der Waals surface area contributed by atoms with Crippen molar-refractivity contribution in [2.45, 2.75) is 6.04 Å². The van der Waals surface area contributed by atoms with E-state index < -0.39 is 0 Å². The Labute approximate surface area is 330 Å². The average Bonchev–Trinajstić information content (AvgIpc) is 3.67. The van der Waals surface area contributed by atoms with Crippen molar-refractivity contribution in [2.24, 2.45) is 0 Å². The lowest BCUT2D eigenvalue weighted by atomic mass is 9.63. The molecule has 0 amide bonds. The minimum absolute atomic E-state index is 0.0872. The van der Waals surface area contributed by atoms with Gasteiger partial charge in [0.1, 0.15) is 81.8 Å². The summed E-state index contributed by atoms with van der Waals surface area (Å²) >= 11 is 0. The molecule has 1 aromatic heterocycles. The fraction of sp³-hybridized carbons (Fsp3) is 0.0476. The number of nitrogens with zero attached hydrogens (tertiary/aromatic N) is 1. The summed E-state index contributed by atoms with van der Waals surface area (Å²) < 4.78 is 6.37. The van der Waals surface area contributed by atoms with Crippen LogP contribution in [0.15, 0.2) is 140 Å². The predicted octanol–water partition coefficient (Wildman–Crippen LogP) is -2.85. The molecular weight excluding hydrogens is 643 g/mol. The Bertz CT molecular complexity index is 2620. The van der Waals surface area contributed by atoms with E-state index >= 15 is 0 Å². The van der Waals surface area contributed by atoms with Crippen LogP contribution >= 0.6 is 0 Å². The average molecular weight is 684 g/mol. The zero-order valence-electron chi connectivity index (χ0n) is 33.5. The number of anilines is 1. The van der Waals surface area contributed by atoms with E-state index in [-0.39, 0.29) is 6.04 Å². The van der Waals surface area contributed by atoms with E-state index in [9.17, 15) is 0 Å². The van der Waals surface area contributed by atoms with E-state index in [0.29, 0.717) is 0 Å². The maximum atomic E-state index is 6.37. The Kier molecular flexibility index (Phi) is 10.3. The van der Waals surface area contributed by atoms with Gasteiger partial charge in [0.15, 0.2) is 7.85 Å². The van der Waals surface area contributed by atoms with Crippen LogP contribution in [0, 0.1) is 12.3 Å². The monoisotopic (exact) mass is 685 g/mol. The van der Waals surface area contributed by atoms with Crippen LogP contribution in [0.25, 0.3) is 44.2 Å². The quantitative estimate of drug-likeness (QED) is 0.0978. The molecule has 12 heteroatoms. The maximum absolute atomic E-state index is 6.37. The van der Waals surface area contributed by atoms with Gasteiger partial charge in [-0.15, -0.1) is 6.42 Å². The molecule has 0 spiro atoms. The Morgan fingerprint density at radius 2 is 1.26 bits per heavy atom. The number of fused-ring (bicyclic) bond motifs is 3. The van der Waals surface area contributed by atoms with Crippen molar-refractivity contribution in [3.63, 3.8) is 0 Å². The minimum Gasteiger partial charge on any atom is -0.456 e. The highest BCUT2D eigenvalue weighted by Crippen LogP contribution is 2.40. The van der Waals surface area contributed by atoms with E-state index in [4.69, 9.17) is 10.8 Å². The van der Waals surface area contributed by atoms with Crippen LogP contribution in [0.4, 0.5) is 5.69 Å². The summed E-state index contributed by atoms with van der Waals surface area (Å²) in [6, 6.07) is 36.4. The standard InChI is InChI=1S/C42H41B10NO/c1-2-25(43)29(21-12-5-3-6-13-21)33(45)26(44)20-53(41-37(49)30(34(46)38(41)50)22-14-7-4-8-15-22)42-39(51)35(47)32(36(48)40(42)52)24-17-11-19-28-31(24)23-16-9-10-18-27(23)54-28/h1,3-19,41H,20,43-52H2/b29-25+,33-26-. The number of furan rings is 1. The largest absolute Gasteiger partial charge is 0.456 e. The molecule has 0 bridgehead atoms. The fourth-order valence-electron chi connectivity index (χ4n) is 9.06. The second-order valence-corrected chi connectivity index (χ2v) is 15.2. The molecule has 0 saturated heterocycles. The molecule has 250 valence electrons. The van der Waals surface area contributed by atoms with Crippen molar-refractivity contribution in [3.8, 4) is 23.5 Å².